The second-order valence-electron chi connectivity index (χ2n) is 8.76. The minimum absolute atomic E-state index is 0.0738. The van der Waals surface area contributed by atoms with Gasteiger partial charge in [0.25, 0.3) is 0 Å². The molecular formula is C26H18BrN3O5S3. The first kappa shape index (κ1) is 25.1. The highest BCUT2D eigenvalue weighted by atomic mass is 79.9. The molecule has 1 fully saturated rings. The standard InChI is InChI=1S/C26H18BrN3O5S3/c27-13-3-7-15(8-4-13)30-23(33)20-19(17-2-1-11-36-17)22-25(37-21(20)24(30)34)29(26(35)38-22)12-18(32)28-14-5-9-16(31)10-6-14/h1-11,19-21,31H,12H2,(H,28,32). The molecule has 8 nitrogen and oxygen atoms in total. The van der Waals surface area contributed by atoms with Crippen LogP contribution in [0.2, 0.25) is 0 Å². The van der Waals surface area contributed by atoms with E-state index in [1.165, 1.54) is 44.7 Å². The highest BCUT2D eigenvalue weighted by molar-refractivity contribution is 9.10. The molecule has 0 radical (unpaired) electrons. The summed E-state index contributed by atoms with van der Waals surface area (Å²) in [7, 11) is 0. The van der Waals surface area contributed by atoms with Crippen LogP contribution in [0.3, 0.4) is 0 Å². The third-order valence-corrected chi connectivity index (χ3v) is 10.5. The average molecular weight is 629 g/mol. The van der Waals surface area contributed by atoms with Crippen LogP contribution in [0.1, 0.15) is 15.7 Å². The lowest BCUT2D eigenvalue weighted by Crippen LogP contribution is -2.32. The van der Waals surface area contributed by atoms with Gasteiger partial charge in [-0.25, -0.2) is 4.90 Å². The van der Waals surface area contributed by atoms with E-state index in [-0.39, 0.29) is 29.0 Å². The SMILES string of the molecule is O=C(Cn1c2c(sc1=O)C(c1cccs1)C1C(=O)N(c3ccc(Br)cc3)C(=O)C1S2)Nc1ccc(O)cc1. The predicted molar refractivity (Wildman–Crippen MR) is 151 cm³/mol. The van der Waals surface area contributed by atoms with E-state index in [0.29, 0.717) is 21.3 Å². The zero-order valence-electron chi connectivity index (χ0n) is 19.4. The average Bonchev–Trinajstić information content (AvgIpc) is 3.59. The summed E-state index contributed by atoms with van der Waals surface area (Å²) >= 11 is 7.06. The van der Waals surface area contributed by atoms with Gasteiger partial charge in [0.1, 0.15) is 17.5 Å². The third kappa shape index (κ3) is 4.31. The van der Waals surface area contributed by atoms with Gasteiger partial charge in [-0.2, -0.15) is 0 Å². The van der Waals surface area contributed by atoms with Crippen molar-refractivity contribution in [3.8, 4) is 5.75 Å². The molecule has 3 unspecified atom stereocenters. The van der Waals surface area contributed by atoms with Crippen LogP contribution in [0.15, 0.2) is 80.3 Å². The fraction of sp³-hybridized carbons (Fsp3) is 0.154. The molecule has 2 aromatic carbocycles. The first-order valence-corrected chi connectivity index (χ1v) is 14.8. The number of anilines is 2. The number of rotatable bonds is 5. The summed E-state index contributed by atoms with van der Waals surface area (Å²) in [6, 6.07) is 16.8. The lowest BCUT2D eigenvalue weighted by molar-refractivity contribution is -0.122. The van der Waals surface area contributed by atoms with Crippen molar-refractivity contribution < 1.29 is 19.5 Å². The number of carbonyl (C=O) groups is 3. The highest BCUT2D eigenvalue weighted by Crippen LogP contribution is 2.54. The summed E-state index contributed by atoms with van der Waals surface area (Å²) in [5, 5.41) is 13.9. The number of aromatic nitrogens is 1. The second-order valence-corrected chi connectivity index (χ2v) is 12.8. The molecule has 12 heteroatoms. The molecule has 0 saturated carbocycles. The number of thiophene rings is 1. The van der Waals surface area contributed by atoms with E-state index in [4.69, 9.17) is 0 Å². The molecule has 0 bridgehead atoms. The van der Waals surface area contributed by atoms with E-state index in [2.05, 4.69) is 21.2 Å². The first-order valence-electron chi connectivity index (χ1n) is 11.5. The van der Waals surface area contributed by atoms with Crippen LogP contribution < -0.4 is 15.1 Å². The van der Waals surface area contributed by atoms with E-state index in [1.807, 2.05) is 17.5 Å². The Bertz CT molecular complexity index is 1610. The van der Waals surface area contributed by atoms with Crippen LogP contribution in [-0.4, -0.2) is 32.6 Å². The quantitative estimate of drug-likeness (QED) is 0.241. The second kappa shape index (κ2) is 9.84. The first-order chi connectivity index (χ1) is 18.3. The van der Waals surface area contributed by atoms with Crippen molar-refractivity contribution in [1.82, 2.24) is 4.57 Å². The number of nitrogens with zero attached hydrogens (tertiary/aromatic N) is 2. The predicted octanol–water partition coefficient (Wildman–Crippen LogP) is 4.87. The molecule has 192 valence electrons. The number of hydrogen-bond donors (Lipinski definition) is 2. The Balaban J connectivity index is 1.38. The summed E-state index contributed by atoms with van der Waals surface area (Å²) in [5.74, 6) is -2.11. The molecule has 0 aliphatic carbocycles. The van der Waals surface area contributed by atoms with E-state index in [9.17, 15) is 24.3 Å². The Morgan fingerprint density at radius 2 is 1.74 bits per heavy atom. The Labute approximate surface area is 237 Å². The van der Waals surface area contributed by atoms with Gasteiger partial charge in [0, 0.05) is 25.8 Å². The summed E-state index contributed by atoms with van der Waals surface area (Å²) in [6.45, 7) is -0.244. The number of nitrogens with one attached hydrogen (secondary N) is 1. The Morgan fingerprint density at radius 3 is 2.42 bits per heavy atom. The topological polar surface area (TPSA) is 109 Å². The van der Waals surface area contributed by atoms with Gasteiger partial charge in [-0.15, -0.1) is 11.3 Å². The molecule has 1 saturated heterocycles. The number of imide groups is 1. The van der Waals surface area contributed by atoms with Crippen LogP contribution in [0.5, 0.6) is 5.75 Å². The highest BCUT2D eigenvalue weighted by Gasteiger charge is 2.57. The maximum absolute atomic E-state index is 13.8. The number of amides is 3. The van der Waals surface area contributed by atoms with Gasteiger partial charge in [0.2, 0.25) is 17.7 Å². The van der Waals surface area contributed by atoms with E-state index >= 15 is 0 Å². The van der Waals surface area contributed by atoms with Gasteiger partial charge >= 0.3 is 4.87 Å². The smallest absolute Gasteiger partial charge is 0.308 e. The van der Waals surface area contributed by atoms with Crippen LogP contribution in [0, 0.1) is 5.92 Å². The summed E-state index contributed by atoms with van der Waals surface area (Å²) in [4.78, 5) is 55.9. The van der Waals surface area contributed by atoms with Crippen molar-refractivity contribution in [3.63, 3.8) is 0 Å². The van der Waals surface area contributed by atoms with Crippen molar-refractivity contribution in [1.29, 1.82) is 0 Å². The Hall–Kier alpha value is -3.19. The molecule has 4 heterocycles. The third-order valence-electron chi connectivity index (χ3n) is 6.44. The minimum atomic E-state index is -0.730. The molecule has 4 aromatic rings. The van der Waals surface area contributed by atoms with Crippen molar-refractivity contribution in [2.24, 2.45) is 5.92 Å². The van der Waals surface area contributed by atoms with Gasteiger partial charge < -0.3 is 10.4 Å². The molecule has 2 aromatic heterocycles. The number of fused-ring (bicyclic) bond motifs is 2. The monoisotopic (exact) mass is 627 g/mol. The van der Waals surface area contributed by atoms with E-state index in [0.717, 1.165) is 20.7 Å². The summed E-state index contributed by atoms with van der Waals surface area (Å²) in [6.07, 6.45) is 0. The van der Waals surface area contributed by atoms with Crippen molar-refractivity contribution in [2.45, 2.75) is 22.7 Å². The maximum Gasteiger partial charge on any atom is 0.308 e. The van der Waals surface area contributed by atoms with Crippen molar-refractivity contribution in [3.05, 3.63) is 89.9 Å². The van der Waals surface area contributed by atoms with E-state index < -0.39 is 23.0 Å². The van der Waals surface area contributed by atoms with E-state index in [1.54, 1.807) is 36.4 Å². The minimum Gasteiger partial charge on any atom is -0.508 e. The molecule has 0 spiro atoms. The molecule has 6 rings (SSSR count). The number of benzene rings is 2. The molecule has 2 aliphatic heterocycles. The number of hydrogen-bond acceptors (Lipinski definition) is 8. The number of thioether (sulfide) groups is 1. The number of phenolic OH excluding ortho intramolecular Hbond substituents is 1. The van der Waals surface area contributed by atoms with Gasteiger partial charge in [0.05, 0.1) is 16.6 Å². The zero-order chi connectivity index (χ0) is 26.6. The Morgan fingerprint density at radius 1 is 1.00 bits per heavy atom. The fourth-order valence-electron chi connectivity index (χ4n) is 4.76. The van der Waals surface area contributed by atoms with Crippen LogP contribution in [0.25, 0.3) is 0 Å². The number of phenols is 1. The number of halogens is 1. The van der Waals surface area contributed by atoms with Crippen LogP contribution >= 0.6 is 50.4 Å². The van der Waals surface area contributed by atoms with Crippen LogP contribution in [-0.2, 0) is 20.9 Å². The summed E-state index contributed by atoms with van der Waals surface area (Å²) in [5.41, 5.74) is 0.980. The fourth-order valence-corrected chi connectivity index (χ4v) is 8.75. The lowest BCUT2D eigenvalue weighted by Gasteiger charge is -2.29. The van der Waals surface area contributed by atoms with Gasteiger partial charge in [-0.1, -0.05) is 45.1 Å². The molecule has 38 heavy (non-hydrogen) atoms. The molecule has 3 amide bonds. The summed E-state index contributed by atoms with van der Waals surface area (Å²) < 4.78 is 2.22. The molecule has 3 atom stereocenters. The van der Waals surface area contributed by atoms with Gasteiger partial charge in [-0.05, 0) is 60.0 Å². The Kier molecular flexibility index (Phi) is 6.50. The molecular weight excluding hydrogens is 610 g/mol. The largest absolute Gasteiger partial charge is 0.508 e. The van der Waals surface area contributed by atoms with Gasteiger partial charge in [-0.3, -0.25) is 23.7 Å². The zero-order valence-corrected chi connectivity index (χ0v) is 23.4. The van der Waals surface area contributed by atoms with Crippen LogP contribution in [0.4, 0.5) is 11.4 Å². The number of thiazole rings is 1. The molecule has 2 aliphatic rings. The van der Waals surface area contributed by atoms with Crippen molar-refractivity contribution >= 4 is 79.5 Å². The van der Waals surface area contributed by atoms with Gasteiger partial charge in [0.15, 0.2) is 0 Å². The normalized spacial score (nSPS) is 20.3. The maximum atomic E-state index is 13.8. The lowest BCUT2D eigenvalue weighted by atomic mass is 9.87. The number of carbonyl (C=O) groups excluding carboxylic acids is 3. The molecule has 2 N–H and O–H groups in total. The van der Waals surface area contributed by atoms with Crippen molar-refractivity contribution in [2.75, 3.05) is 10.2 Å². The number of aromatic hydroxyl groups is 1.